The molecule has 0 bridgehead atoms. The molecule has 0 aliphatic heterocycles. The van der Waals surface area contributed by atoms with E-state index >= 15 is 0 Å². The highest BCUT2D eigenvalue weighted by atomic mass is 79.9. The topological polar surface area (TPSA) is 29.1 Å². The molecule has 1 aliphatic carbocycles. The lowest BCUT2D eigenvalue weighted by Gasteiger charge is -2.18. The molecule has 1 amide bonds. The Morgan fingerprint density at radius 1 is 1.32 bits per heavy atom. The number of benzene rings is 1. The molecule has 3 heteroatoms. The van der Waals surface area contributed by atoms with Gasteiger partial charge in [-0.3, -0.25) is 4.79 Å². The molecule has 2 atom stereocenters. The smallest absolute Gasteiger partial charge is 0.251 e. The average Bonchev–Trinajstić information content (AvgIpc) is 2.86. The van der Waals surface area contributed by atoms with E-state index in [1.54, 1.807) is 0 Å². The van der Waals surface area contributed by atoms with Crippen molar-refractivity contribution >= 4 is 21.8 Å². The molecule has 19 heavy (non-hydrogen) atoms. The van der Waals surface area contributed by atoms with Crippen LogP contribution >= 0.6 is 15.9 Å². The van der Waals surface area contributed by atoms with Crippen LogP contribution in [0.25, 0.3) is 0 Å². The summed E-state index contributed by atoms with van der Waals surface area (Å²) in [4.78, 5) is 12.2. The van der Waals surface area contributed by atoms with Crippen LogP contribution in [0.5, 0.6) is 0 Å². The summed E-state index contributed by atoms with van der Waals surface area (Å²) >= 11 is 3.58. The number of halogens is 1. The summed E-state index contributed by atoms with van der Waals surface area (Å²) in [6.07, 6.45) is 3.82. The Kier molecular flexibility index (Phi) is 5.03. The van der Waals surface area contributed by atoms with E-state index in [1.165, 1.54) is 24.8 Å². The second kappa shape index (κ2) is 6.56. The Hall–Kier alpha value is -0.830. The van der Waals surface area contributed by atoms with Crippen LogP contribution in [-0.4, -0.2) is 17.8 Å². The first-order valence-corrected chi connectivity index (χ1v) is 8.16. The van der Waals surface area contributed by atoms with Gasteiger partial charge in [0.1, 0.15) is 0 Å². The predicted octanol–water partition coefficient (Wildman–Crippen LogP) is 3.84. The molecule has 0 aromatic heterocycles. The van der Waals surface area contributed by atoms with Gasteiger partial charge in [-0.15, -0.1) is 0 Å². The monoisotopic (exact) mass is 323 g/mol. The van der Waals surface area contributed by atoms with Crippen LogP contribution in [0.3, 0.4) is 0 Å². The Labute approximate surface area is 124 Å². The Balaban J connectivity index is 1.96. The number of rotatable bonds is 4. The number of nitrogens with one attached hydrogen (secondary N) is 1. The minimum absolute atomic E-state index is 0.0708. The van der Waals surface area contributed by atoms with Crippen molar-refractivity contribution in [3.05, 3.63) is 34.9 Å². The summed E-state index contributed by atoms with van der Waals surface area (Å²) in [5.41, 5.74) is 3.07. The number of aryl methyl sites for hydroxylation is 1. The molecule has 2 unspecified atom stereocenters. The highest BCUT2D eigenvalue weighted by Gasteiger charge is 2.26. The third kappa shape index (κ3) is 3.38. The van der Waals surface area contributed by atoms with E-state index in [2.05, 4.69) is 21.2 Å². The number of alkyl halides is 1. The quantitative estimate of drug-likeness (QED) is 0.838. The first-order valence-electron chi connectivity index (χ1n) is 7.04. The lowest BCUT2D eigenvalue weighted by atomic mass is 9.97. The molecule has 0 spiro atoms. The Bertz CT molecular complexity index is 458. The maximum atomic E-state index is 12.2. The highest BCUT2D eigenvalue weighted by Crippen LogP contribution is 2.32. The molecule has 2 rings (SSSR count). The molecule has 0 heterocycles. The van der Waals surface area contributed by atoms with Crippen molar-refractivity contribution in [3.63, 3.8) is 0 Å². The minimum Gasteiger partial charge on any atom is -0.352 e. The largest absolute Gasteiger partial charge is 0.352 e. The van der Waals surface area contributed by atoms with Gasteiger partial charge in [0.2, 0.25) is 0 Å². The molecule has 1 fully saturated rings. The first-order chi connectivity index (χ1) is 9.13. The summed E-state index contributed by atoms with van der Waals surface area (Å²) in [6, 6.07) is 5.91. The lowest BCUT2D eigenvalue weighted by molar-refractivity contribution is 0.0944. The van der Waals surface area contributed by atoms with Gasteiger partial charge in [0.15, 0.2) is 0 Å². The summed E-state index contributed by atoms with van der Waals surface area (Å²) in [6.45, 7) is 4.87. The van der Waals surface area contributed by atoms with Crippen LogP contribution < -0.4 is 5.32 Å². The maximum Gasteiger partial charge on any atom is 0.251 e. The standard InChI is InChI=1S/C16H22BrNO/c1-11-5-3-8-15(12(11)2)16(19)18-10-14-7-4-6-13(14)9-17/h3,5,8,13-14H,4,6-7,9-10H2,1-2H3,(H,18,19). The van der Waals surface area contributed by atoms with Crippen LogP contribution in [0.2, 0.25) is 0 Å². The van der Waals surface area contributed by atoms with Gasteiger partial charge in [-0.1, -0.05) is 34.5 Å². The van der Waals surface area contributed by atoms with Crippen LogP contribution in [0.15, 0.2) is 18.2 Å². The molecule has 1 aromatic carbocycles. The molecule has 104 valence electrons. The molecule has 0 radical (unpaired) electrons. The zero-order chi connectivity index (χ0) is 13.8. The molecule has 1 aromatic rings. The number of hydrogen-bond acceptors (Lipinski definition) is 1. The van der Waals surface area contributed by atoms with Crippen molar-refractivity contribution in [1.29, 1.82) is 0 Å². The number of amides is 1. The van der Waals surface area contributed by atoms with E-state index in [4.69, 9.17) is 0 Å². The second-order valence-corrected chi connectivity index (χ2v) is 6.21. The molecule has 1 saturated carbocycles. The fourth-order valence-corrected chi connectivity index (χ4v) is 3.75. The van der Waals surface area contributed by atoms with Crippen molar-refractivity contribution in [2.75, 3.05) is 11.9 Å². The van der Waals surface area contributed by atoms with Gasteiger partial charge in [-0.25, -0.2) is 0 Å². The van der Waals surface area contributed by atoms with Gasteiger partial charge < -0.3 is 5.32 Å². The molecular formula is C16H22BrNO. The van der Waals surface area contributed by atoms with Gasteiger partial charge in [0.05, 0.1) is 0 Å². The van der Waals surface area contributed by atoms with E-state index in [9.17, 15) is 4.79 Å². The fraction of sp³-hybridized carbons (Fsp3) is 0.562. The van der Waals surface area contributed by atoms with Crippen LogP contribution in [0.4, 0.5) is 0 Å². The number of carbonyl (C=O) groups excluding carboxylic acids is 1. The summed E-state index contributed by atoms with van der Waals surface area (Å²) in [7, 11) is 0. The van der Waals surface area contributed by atoms with Crippen molar-refractivity contribution in [2.24, 2.45) is 11.8 Å². The molecule has 0 saturated heterocycles. The van der Waals surface area contributed by atoms with Gasteiger partial charge in [0.25, 0.3) is 5.91 Å². The zero-order valence-electron chi connectivity index (χ0n) is 11.7. The highest BCUT2D eigenvalue weighted by molar-refractivity contribution is 9.09. The van der Waals surface area contributed by atoms with E-state index in [0.29, 0.717) is 5.92 Å². The third-order valence-corrected chi connectivity index (χ3v) is 5.22. The van der Waals surface area contributed by atoms with E-state index in [0.717, 1.165) is 28.9 Å². The fourth-order valence-electron chi connectivity index (χ4n) is 2.90. The van der Waals surface area contributed by atoms with Crippen molar-refractivity contribution in [1.82, 2.24) is 5.32 Å². The molecule has 1 N–H and O–H groups in total. The molecule has 1 aliphatic rings. The average molecular weight is 324 g/mol. The Morgan fingerprint density at radius 2 is 2.05 bits per heavy atom. The minimum atomic E-state index is 0.0708. The Morgan fingerprint density at radius 3 is 2.79 bits per heavy atom. The predicted molar refractivity (Wildman–Crippen MR) is 82.9 cm³/mol. The van der Waals surface area contributed by atoms with Crippen molar-refractivity contribution in [2.45, 2.75) is 33.1 Å². The van der Waals surface area contributed by atoms with Crippen molar-refractivity contribution < 1.29 is 4.79 Å². The van der Waals surface area contributed by atoms with Gasteiger partial charge in [-0.05, 0) is 55.7 Å². The van der Waals surface area contributed by atoms with Crippen LogP contribution in [0.1, 0.15) is 40.7 Å². The number of hydrogen-bond donors (Lipinski definition) is 1. The van der Waals surface area contributed by atoms with E-state index in [-0.39, 0.29) is 5.91 Å². The van der Waals surface area contributed by atoms with Gasteiger partial charge in [0, 0.05) is 17.4 Å². The van der Waals surface area contributed by atoms with Crippen LogP contribution in [0, 0.1) is 25.7 Å². The summed E-state index contributed by atoms with van der Waals surface area (Å²) < 4.78 is 0. The van der Waals surface area contributed by atoms with Gasteiger partial charge in [-0.2, -0.15) is 0 Å². The first kappa shape index (κ1) is 14.6. The third-order valence-electron chi connectivity index (χ3n) is 4.39. The lowest BCUT2D eigenvalue weighted by Crippen LogP contribution is -2.31. The SMILES string of the molecule is Cc1cccc(C(=O)NCC2CCCC2CBr)c1C. The number of carbonyl (C=O) groups is 1. The maximum absolute atomic E-state index is 12.2. The zero-order valence-corrected chi connectivity index (χ0v) is 13.3. The second-order valence-electron chi connectivity index (χ2n) is 5.56. The van der Waals surface area contributed by atoms with E-state index < -0.39 is 0 Å². The molecular weight excluding hydrogens is 302 g/mol. The molecule has 2 nitrogen and oxygen atoms in total. The van der Waals surface area contributed by atoms with E-state index in [1.807, 2.05) is 32.0 Å². The van der Waals surface area contributed by atoms with Crippen LogP contribution in [-0.2, 0) is 0 Å². The summed E-state index contributed by atoms with van der Waals surface area (Å²) in [5, 5.41) is 4.17. The van der Waals surface area contributed by atoms with Crippen molar-refractivity contribution in [3.8, 4) is 0 Å². The normalized spacial score (nSPS) is 22.5. The summed E-state index contributed by atoms with van der Waals surface area (Å²) in [5.74, 6) is 1.42. The van der Waals surface area contributed by atoms with Gasteiger partial charge >= 0.3 is 0 Å².